The number of hydrogen-bond donors (Lipinski definition) is 2. The molecule has 0 saturated heterocycles. The normalized spacial score (nSPS) is 11.0. The molecule has 3 aromatic heterocycles. The summed E-state index contributed by atoms with van der Waals surface area (Å²) in [7, 11) is 1.85. The lowest BCUT2D eigenvalue weighted by Crippen LogP contribution is -2.13. The minimum absolute atomic E-state index is 0.218. The zero-order valence-electron chi connectivity index (χ0n) is 12.0. The first kappa shape index (κ1) is 13.6. The van der Waals surface area contributed by atoms with E-state index in [0.717, 1.165) is 21.5 Å². The van der Waals surface area contributed by atoms with Crippen molar-refractivity contribution in [2.45, 2.75) is 13.8 Å². The molecule has 1 amide bonds. The van der Waals surface area contributed by atoms with E-state index in [9.17, 15) is 4.79 Å². The van der Waals surface area contributed by atoms with E-state index in [1.807, 2.05) is 27.0 Å². The van der Waals surface area contributed by atoms with Crippen molar-refractivity contribution in [2.75, 3.05) is 11.1 Å². The van der Waals surface area contributed by atoms with Crippen molar-refractivity contribution in [1.82, 2.24) is 14.8 Å². The summed E-state index contributed by atoms with van der Waals surface area (Å²) in [6.07, 6.45) is 3.32. The Labute approximate surface area is 125 Å². The summed E-state index contributed by atoms with van der Waals surface area (Å²) < 4.78 is 1.75. The molecule has 0 aliphatic carbocycles. The predicted octanol–water partition coefficient (Wildman–Crippen LogP) is 2.48. The molecule has 0 aliphatic rings. The van der Waals surface area contributed by atoms with Gasteiger partial charge in [-0.25, -0.2) is 0 Å². The van der Waals surface area contributed by atoms with E-state index in [1.165, 1.54) is 11.3 Å². The molecule has 21 heavy (non-hydrogen) atoms. The molecule has 7 heteroatoms. The Morgan fingerprint density at radius 2 is 2.19 bits per heavy atom. The fourth-order valence-corrected chi connectivity index (χ4v) is 3.35. The molecule has 0 saturated carbocycles. The fraction of sp³-hybridized carbons (Fsp3) is 0.214. The van der Waals surface area contributed by atoms with Crippen molar-refractivity contribution in [1.29, 1.82) is 0 Å². The Morgan fingerprint density at radius 1 is 1.43 bits per heavy atom. The van der Waals surface area contributed by atoms with Crippen LogP contribution in [0.4, 0.5) is 11.4 Å². The molecule has 3 heterocycles. The summed E-state index contributed by atoms with van der Waals surface area (Å²) in [6.45, 7) is 3.80. The third-order valence-electron chi connectivity index (χ3n) is 3.38. The van der Waals surface area contributed by atoms with Gasteiger partial charge in [-0.15, -0.1) is 11.3 Å². The number of pyridine rings is 1. The average molecular weight is 301 g/mol. The Morgan fingerprint density at radius 3 is 2.86 bits per heavy atom. The molecular formula is C14H15N5OS. The van der Waals surface area contributed by atoms with Crippen LogP contribution in [0.25, 0.3) is 10.2 Å². The maximum absolute atomic E-state index is 12.4. The molecule has 3 N–H and O–H groups in total. The van der Waals surface area contributed by atoms with Gasteiger partial charge in [0.1, 0.15) is 9.71 Å². The van der Waals surface area contributed by atoms with E-state index in [1.54, 1.807) is 17.1 Å². The number of carbonyl (C=O) groups is 1. The number of aryl methyl sites for hydroxylation is 3. The fourth-order valence-electron chi connectivity index (χ4n) is 2.27. The van der Waals surface area contributed by atoms with Gasteiger partial charge in [0.05, 0.1) is 28.7 Å². The number of nitrogen functional groups attached to an aromatic ring is 1. The number of aromatic nitrogens is 3. The monoisotopic (exact) mass is 301 g/mol. The topological polar surface area (TPSA) is 85.8 Å². The number of carbonyl (C=O) groups excluding carboxylic acids is 1. The van der Waals surface area contributed by atoms with Gasteiger partial charge in [0.25, 0.3) is 5.91 Å². The van der Waals surface area contributed by atoms with Crippen molar-refractivity contribution in [3.8, 4) is 0 Å². The largest absolute Gasteiger partial charge is 0.397 e. The Hall–Kier alpha value is -2.41. The van der Waals surface area contributed by atoms with Crippen molar-refractivity contribution < 1.29 is 4.79 Å². The average Bonchev–Trinajstić information content (AvgIpc) is 2.92. The number of nitrogens with one attached hydrogen (secondary N) is 1. The van der Waals surface area contributed by atoms with Crippen molar-refractivity contribution in [2.24, 2.45) is 7.05 Å². The highest BCUT2D eigenvalue weighted by molar-refractivity contribution is 7.21. The Balaban J connectivity index is 2.01. The number of rotatable bonds is 2. The van der Waals surface area contributed by atoms with E-state index < -0.39 is 0 Å². The summed E-state index contributed by atoms with van der Waals surface area (Å²) in [5, 5.41) is 8.03. The number of amides is 1. The van der Waals surface area contributed by atoms with E-state index >= 15 is 0 Å². The van der Waals surface area contributed by atoms with Gasteiger partial charge >= 0.3 is 0 Å². The zero-order chi connectivity index (χ0) is 15.1. The van der Waals surface area contributed by atoms with E-state index in [0.29, 0.717) is 16.3 Å². The van der Waals surface area contributed by atoms with Gasteiger partial charge in [-0.2, -0.15) is 5.10 Å². The first-order chi connectivity index (χ1) is 9.99. The molecule has 3 aromatic rings. The molecule has 0 aromatic carbocycles. The maximum atomic E-state index is 12.4. The molecule has 0 fully saturated rings. The standard InChI is InChI=1S/C14H15N5OS/c1-7-4-5-16-6-9(7)17-13(20)12-11(15)10-8(2)18-19(3)14(10)21-12/h4-6H,15H2,1-3H3,(H,17,20). The van der Waals surface area contributed by atoms with Crippen LogP contribution >= 0.6 is 11.3 Å². The van der Waals surface area contributed by atoms with Crippen LogP contribution in [0.2, 0.25) is 0 Å². The molecule has 0 unspecified atom stereocenters. The number of thiophene rings is 1. The second-order valence-corrected chi connectivity index (χ2v) is 5.88. The molecule has 0 aliphatic heterocycles. The molecule has 0 bridgehead atoms. The quantitative estimate of drug-likeness (QED) is 0.761. The maximum Gasteiger partial charge on any atom is 0.268 e. The van der Waals surface area contributed by atoms with Crippen LogP contribution in [-0.4, -0.2) is 20.7 Å². The molecule has 0 radical (unpaired) electrons. The lowest BCUT2D eigenvalue weighted by molar-refractivity contribution is 0.103. The van der Waals surface area contributed by atoms with Crippen LogP contribution in [0, 0.1) is 13.8 Å². The van der Waals surface area contributed by atoms with E-state index in [-0.39, 0.29) is 5.91 Å². The van der Waals surface area contributed by atoms with Gasteiger partial charge in [-0.3, -0.25) is 14.5 Å². The molecule has 3 rings (SSSR count). The van der Waals surface area contributed by atoms with Crippen molar-refractivity contribution in [3.05, 3.63) is 34.6 Å². The second-order valence-electron chi connectivity index (χ2n) is 4.88. The second kappa shape index (κ2) is 4.85. The molecular weight excluding hydrogens is 286 g/mol. The van der Waals surface area contributed by atoms with E-state index in [2.05, 4.69) is 15.4 Å². The summed E-state index contributed by atoms with van der Waals surface area (Å²) in [6, 6.07) is 1.85. The Bertz CT molecular complexity index is 849. The van der Waals surface area contributed by atoms with Gasteiger partial charge < -0.3 is 11.1 Å². The first-order valence-corrected chi connectivity index (χ1v) is 7.24. The van der Waals surface area contributed by atoms with Crippen LogP contribution < -0.4 is 11.1 Å². The highest BCUT2D eigenvalue weighted by atomic mass is 32.1. The number of fused-ring (bicyclic) bond motifs is 1. The predicted molar refractivity (Wildman–Crippen MR) is 84.7 cm³/mol. The van der Waals surface area contributed by atoms with Crippen molar-refractivity contribution in [3.63, 3.8) is 0 Å². The zero-order valence-corrected chi connectivity index (χ0v) is 12.8. The summed E-state index contributed by atoms with van der Waals surface area (Å²) >= 11 is 1.35. The van der Waals surface area contributed by atoms with E-state index in [4.69, 9.17) is 5.73 Å². The molecule has 108 valence electrons. The Kier molecular flexibility index (Phi) is 3.13. The van der Waals surface area contributed by atoms with Gasteiger partial charge in [-0.05, 0) is 25.5 Å². The lowest BCUT2D eigenvalue weighted by atomic mass is 10.2. The van der Waals surface area contributed by atoms with Gasteiger partial charge in [0, 0.05) is 13.2 Å². The van der Waals surface area contributed by atoms with Crippen molar-refractivity contribution >= 4 is 38.8 Å². The molecule has 0 atom stereocenters. The minimum Gasteiger partial charge on any atom is -0.397 e. The van der Waals surface area contributed by atoms with Crippen LogP contribution in [0.5, 0.6) is 0 Å². The third kappa shape index (κ3) is 2.15. The SMILES string of the molecule is Cc1ccncc1NC(=O)c1sc2c(c(C)nn2C)c1N. The number of nitrogens with zero attached hydrogens (tertiary/aromatic N) is 3. The summed E-state index contributed by atoms with van der Waals surface area (Å²) in [5.41, 5.74) is 9.09. The van der Waals surface area contributed by atoms with Crippen LogP contribution in [0.3, 0.4) is 0 Å². The third-order valence-corrected chi connectivity index (χ3v) is 4.65. The lowest BCUT2D eigenvalue weighted by Gasteiger charge is -2.06. The summed E-state index contributed by atoms with van der Waals surface area (Å²) in [4.78, 5) is 17.9. The number of anilines is 2. The number of hydrogen-bond acceptors (Lipinski definition) is 5. The first-order valence-electron chi connectivity index (χ1n) is 6.42. The highest BCUT2D eigenvalue weighted by Crippen LogP contribution is 2.35. The van der Waals surface area contributed by atoms with Crippen LogP contribution in [0.1, 0.15) is 20.9 Å². The minimum atomic E-state index is -0.218. The molecule has 0 spiro atoms. The van der Waals surface area contributed by atoms with Crippen LogP contribution in [-0.2, 0) is 7.05 Å². The van der Waals surface area contributed by atoms with Gasteiger partial charge in [0.2, 0.25) is 0 Å². The van der Waals surface area contributed by atoms with Gasteiger partial charge in [0.15, 0.2) is 0 Å². The highest BCUT2D eigenvalue weighted by Gasteiger charge is 2.21. The van der Waals surface area contributed by atoms with Crippen LogP contribution in [0.15, 0.2) is 18.5 Å². The smallest absolute Gasteiger partial charge is 0.268 e. The molecule has 6 nitrogen and oxygen atoms in total. The van der Waals surface area contributed by atoms with Gasteiger partial charge in [-0.1, -0.05) is 0 Å². The summed E-state index contributed by atoms with van der Waals surface area (Å²) in [5.74, 6) is -0.218. The number of nitrogens with two attached hydrogens (primary N) is 1.